The molecular weight excluding hydrogens is 124 g/mol. The molecule has 0 aromatic heterocycles. The predicted octanol–water partition coefficient (Wildman–Crippen LogP) is 2.36. The zero-order valence-corrected chi connectivity index (χ0v) is 6.44. The minimum absolute atomic E-state index is 0.367. The van der Waals surface area contributed by atoms with Gasteiger partial charge in [0.1, 0.15) is 5.78 Å². The smallest absolute Gasteiger partial charge is 0.135 e. The van der Waals surface area contributed by atoms with Crippen molar-refractivity contribution in [3.8, 4) is 0 Å². The van der Waals surface area contributed by atoms with E-state index in [1.54, 1.807) is 0 Å². The molecule has 0 aromatic rings. The summed E-state index contributed by atoms with van der Waals surface area (Å²) < 4.78 is 0. The molecule has 0 aliphatic heterocycles. The summed E-state index contributed by atoms with van der Waals surface area (Å²) >= 11 is 0. The topological polar surface area (TPSA) is 17.1 Å². The molecule has 1 aliphatic rings. The van der Waals surface area contributed by atoms with Crippen molar-refractivity contribution in [3.63, 3.8) is 0 Å². The highest BCUT2D eigenvalue weighted by Crippen LogP contribution is 2.24. The second-order valence-corrected chi connectivity index (χ2v) is 3.05. The van der Waals surface area contributed by atoms with Crippen molar-refractivity contribution in [3.05, 3.63) is 6.92 Å². The number of Topliss-reactive ketones (excluding diaryl/α,β-unsaturated/α-hetero) is 1. The van der Waals surface area contributed by atoms with Crippen molar-refractivity contribution in [2.24, 2.45) is 5.92 Å². The first-order valence-electron chi connectivity index (χ1n) is 4.16. The molecule has 0 atom stereocenters. The van der Waals surface area contributed by atoms with Crippen LogP contribution in [0.4, 0.5) is 0 Å². The van der Waals surface area contributed by atoms with Crippen molar-refractivity contribution in [1.82, 2.24) is 0 Å². The normalized spacial score (nSPS) is 20.9. The van der Waals surface area contributed by atoms with Gasteiger partial charge < -0.3 is 0 Å². The van der Waals surface area contributed by atoms with Crippen LogP contribution in [0.5, 0.6) is 0 Å². The number of ketones is 1. The van der Waals surface area contributed by atoms with E-state index in [9.17, 15) is 4.79 Å². The number of hydrogen-bond donors (Lipinski definition) is 0. The van der Waals surface area contributed by atoms with E-state index in [0.717, 1.165) is 12.8 Å². The largest absolute Gasteiger partial charge is 0.299 e. The summed E-state index contributed by atoms with van der Waals surface area (Å²) in [6.45, 7) is 3.61. The van der Waals surface area contributed by atoms with E-state index >= 15 is 0 Å². The van der Waals surface area contributed by atoms with Crippen LogP contribution in [-0.4, -0.2) is 5.78 Å². The van der Waals surface area contributed by atoms with Gasteiger partial charge in [-0.05, 0) is 19.8 Å². The first kappa shape index (κ1) is 7.77. The van der Waals surface area contributed by atoms with Crippen LogP contribution in [-0.2, 0) is 4.79 Å². The second-order valence-electron chi connectivity index (χ2n) is 3.05. The zero-order valence-electron chi connectivity index (χ0n) is 6.44. The summed E-state index contributed by atoms with van der Waals surface area (Å²) in [4.78, 5) is 11.1. The van der Waals surface area contributed by atoms with Gasteiger partial charge in [-0.1, -0.05) is 19.3 Å². The molecule has 0 aromatic carbocycles. The first-order chi connectivity index (χ1) is 4.84. The fraction of sp³-hybridized carbons (Fsp3) is 0.778. The summed E-state index contributed by atoms with van der Waals surface area (Å²) in [6.07, 6.45) is 6.54. The Kier molecular flexibility index (Phi) is 2.91. The summed E-state index contributed by atoms with van der Waals surface area (Å²) in [7, 11) is 0. The number of carbonyl (C=O) groups excluding carboxylic acids is 1. The van der Waals surface area contributed by atoms with Gasteiger partial charge in [-0.25, -0.2) is 0 Å². The van der Waals surface area contributed by atoms with Crippen LogP contribution in [0.2, 0.25) is 0 Å². The minimum atomic E-state index is 0.367. The van der Waals surface area contributed by atoms with Crippen LogP contribution < -0.4 is 0 Å². The lowest BCUT2D eigenvalue weighted by atomic mass is 9.85. The SMILES string of the molecule is [CH2]CC(=O)C1CCCCC1. The molecule has 57 valence electrons. The van der Waals surface area contributed by atoms with Gasteiger partial charge in [0.05, 0.1) is 0 Å². The predicted molar refractivity (Wildman–Crippen MR) is 41.6 cm³/mol. The van der Waals surface area contributed by atoms with Gasteiger partial charge in [0.2, 0.25) is 0 Å². The molecule has 10 heavy (non-hydrogen) atoms. The average Bonchev–Trinajstić information content (AvgIpc) is 2.05. The molecule has 1 fully saturated rings. The van der Waals surface area contributed by atoms with E-state index < -0.39 is 0 Å². The lowest BCUT2D eigenvalue weighted by molar-refractivity contribution is -0.122. The Morgan fingerprint density at radius 1 is 1.30 bits per heavy atom. The first-order valence-corrected chi connectivity index (χ1v) is 4.16. The van der Waals surface area contributed by atoms with Crippen molar-refractivity contribution in [1.29, 1.82) is 0 Å². The van der Waals surface area contributed by atoms with Gasteiger partial charge in [-0.15, -0.1) is 0 Å². The van der Waals surface area contributed by atoms with Crippen LogP contribution in [0, 0.1) is 12.8 Å². The lowest BCUT2D eigenvalue weighted by Crippen LogP contribution is -2.16. The van der Waals surface area contributed by atoms with Crippen molar-refractivity contribution >= 4 is 5.78 Å². The van der Waals surface area contributed by atoms with Crippen LogP contribution in [0.15, 0.2) is 0 Å². The van der Waals surface area contributed by atoms with E-state index in [2.05, 4.69) is 6.92 Å². The molecule has 1 radical (unpaired) electrons. The number of hydrogen-bond acceptors (Lipinski definition) is 1. The molecule has 1 aliphatic carbocycles. The summed E-state index contributed by atoms with van der Waals surface area (Å²) in [6, 6.07) is 0. The second kappa shape index (κ2) is 3.75. The minimum Gasteiger partial charge on any atom is -0.299 e. The molecule has 1 nitrogen and oxygen atoms in total. The van der Waals surface area contributed by atoms with E-state index in [0.29, 0.717) is 18.1 Å². The maximum atomic E-state index is 11.1. The van der Waals surface area contributed by atoms with Crippen molar-refractivity contribution in [2.75, 3.05) is 0 Å². The molecule has 1 heteroatoms. The Hall–Kier alpha value is -0.330. The van der Waals surface area contributed by atoms with Gasteiger partial charge in [0.15, 0.2) is 0 Å². The zero-order chi connectivity index (χ0) is 7.40. The molecule has 1 saturated carbocycles. The van der Waals surface area contributed by atoms with Crippen LogP contribution in [0.3, 0.4) is 0 Å². The van der Waals surface area contributed by atoms with Gasteiger partial charge in [0.25, 0.3) is 0 Å². The fourth-order valence-corrected chi connectivity index (χ4v) is 1.63. The van der Waals surface area contributed by atoms with Gasteiger partial charge in [0, 0.05) is 12.3 Å². The van der Waals surface area contributed by atoms with Crippen molar-refractivity contribution < 1.29 is 4.79 Å². The van der Waals surface area contributed by atoms with Crippen LogP contribution in [0.25, 0.3) is 0 Å². The molecule has 0 amide bonds. The molecule has 0 saturated heterocycles. The molecular formula is C9H15O. The third-order valence-electron chi connectivity index (χ3n) is 2.31. The lowest BCUT2D eigenvalue weighted by Gasteiger charge is -2.19. The molecule has 1 rings (SSSR count). The Labute approximate surface area is 62.8 Å². The Morgan fingerprint density at radius 2 is 1.90 bits per heavy atom. The van der Waals surface area contributed by atoms with E-state index in [4.69, 9.17) is 0 Å². The summed E-state index contributed by atoms with van der Waals surface area (Å²) in [5.41, 5.74) is 0. The highest BCUT2D eigenvalue weighted by atomic mass is 16.1. The molecule has 0 N–H and O–H groups in total. The standard InChI is InChI=1S/C9H15O/c1-2-9(10)8-6-4-3-5-7-8/h8H,1-7H2. The third kappa shape index (κ3) is 1.83. The Balaban J connectivity index is 2.31. The quantitative estimate of drug-likeness (QED) is 0.574. The van der Waals surface area contributed by atoms with Gasteiger partial charge >= 0.3 is 0 Å². The number of rotatable bonds is 2. The fourth-order valence-electron chi connectivity index (χ4n) is 1.63. The molecule has 0 spiro atoms. The highest BCUT2D eigenvalue weighted by molar-refractivity contribution is 5.81. The van der Waals surface area contributed by atoms with E-state index in [1.165, 1.54) is 19.3 Å². The van der Waals surface area contributed by atoms with E-state index in [-0.39, 0.29) is 0 Å². The molecule has 0 unspecified atom stereocenters. The maximum Gasteiger partial charge on any atom is 0.135 e. The third-order valence-corrected chi connectivity index (χ3v) is 2.31. The number of carbonyl (C=O) groups is 1. The monoisotopic (exact) mass is 139 g/mol. The average molecular weight is 139 g/mol. The Bertz CT molecular complexity index is 112. The summed E-state index contributed by atoms with van der Waals surface area (Å²) in [5.74, 6) is 0.742. The molecule has 0 heterocycles. The Morgan fingerprint density at radius 3 is 2.40 bits per heavy atom. The van der Waals surface area contributed by atoms with Crippen LogP contribution >= 0.6 is 0 Å². The highest BCUT2D eigenvalue weighted by Gasteiger charge is 2.18. The summed E-state index contributed by atoms with van der Waals surface area (Å²) in [5, 5.41) is 0. The molecule has 0 bridgehead atoms. The van der Waals surface area contributed by atoms with Gasteiger partial charge in [-0.2, -0.15) is 0 Å². The van der Waals surface area contributed by atoms with Crippen LogP contribution in [0.1, 0.15) is 38.5 Å². The van der Waals surface area contributed by atoms with E-state index in [1.807, 2.05) is 0 Å². The maximum absolute atomic E-state index is 11.1. The van der Waals surface area contributed by atoms with Gasteiger partial charge in [-0.3, -0.25) is 4.79 Å². The van der Waals surface area contributed by atoms with Crippen molar-refractivity contribution in [2.45, 2.75) is 38.5 Å².